The predicted octanol–water partition coefficient (Wildman–Crippen LogP) is 3.14. The molecule has 0 spiro atoms. The van der Waals surface area contributed by atoms with Gasteiger partial charge in [0, 0.05) is 7.11 Å². The number of hydrogen-bond donors (Lipinski definition) is 1. The van der Waals surface area contributed by atoms with Gasteiger partial charge >= 0.3 is 5.97 Å². The summed E-state index contributed by atoms with van der Waals surface area (Å²) in [5.41, 5.74) is 3.38. The van der Waals surface area contributed by atoms with Crippen LogP contribution in [0.1, 0.15) is 5.56 Å². The Morgan fingerprint density at radius 1 is 1.05 bits per heavy atom. The number of rotatable bonds is 6. The van der Waals surface area contributed by atoms with E-state index in [1.54, 1.807) is 12.1 Å². The van der Waals surface area contributed by atoms with Gasteiger partial charge in [-0.2, -0.15) is 0 Å². The van der Waals surface area contributed by atoms with Gasteiger partial charge in [0.05, 0.1) is 6.61 Å². The van der Waals surface area contributed by atoms with E-state index in [1.807, 2.05) is 19.1 Å². The molecule has 0 bridgehead atoms. The zero-order chi connectivity index (χ0) is 15.2. The average molecular weight is 286 g/mol. The summed E-state index contributed by atoms with van der Waals surface area (Å²) >= 11 is 0. The molecule has 1 unspecified atom stereocenters. The Kier molecular flexibility index (Phi) is 4.95. The van der Waals surface area contributed by atoms with Crippen molar-refractivity contribution in [3.63, 3.8) is 0 Å². The highest BCUT2D eigenvalue weighted by molar-refractivity contribution is 5.73. The quantitative estimate of drug-likeness (QED) is 0.886. The van der Waals surface area contributed by atoms with Crippen LogP contribution < -0.4 is 4.74 Å². The van der Waals surface area contributed by atoms with E-state index >= 15 is 0 Å². The van der Waals surface area contributed by atoms with Crippen LogP contribution in [0.5, 0.6) is 5.75 Å². The summed E-state index contributed by atoms with van der Waals surface area (Å²) in [6, 6.07) is 15.6. The van der Waals surface area contributed by atoms with Crippen LogP contribution in [0.25, 0.3) is 11.1 Å². The van der Waals surface area contributed by atoms with Crippen LogP contribution in [-0.4, -0.2) is 30.9 Å². The van der Waals surface area contributed by atoms with Gasteiger partial charge in [0.25, 0.3) is 0 Å². The molecule has 2 aromatic rings. The topological polar surface area (TPSA) is 55.8 Å². The summed E-state index contributed by atoms with van der Waals surface area (Å²) in [5, 5.41) is 9.02. The number of ether oxygens (including phenoxy) is 2. The van der Waals surface area contributed by atoms with Crippen molar-refractivity contribution in [3.05, 3.63) is 54.1 Å². The molecule has 0 saturated carbocycles. The molecule has 0 saturated heterocycles. The minimum atomic E-state index is -1.04. The molecule has 2 rings (SSSR count). The molecule has 1 atom stereocenters. The van der Waals surface area contributed by atoms with Gasteiger partial charge in [-0.3, -0.25) is 0 Å². The monoisotopic (exact) mass is 286 g/mol. The van der Waals surface area contributed by atoms with Crippen molar-refractivity contribution in [2.45, 2.75) is 13.0 Å². The fraction of sp³-hybridized carbons (Fsp3) is 0.235. The van der Waals surface area contributed by atoms with E-state index in [-0.39, 0.29) is 6.61 Å². The number of methoxy groups -OCH3 is 1. The first kappa shape index (κ1) is 15.1. The molecule has 0 aliphatic carbocycles. The van der Waals surface area contributed by atoms with Crippen molar-refractivity contribution in [1.82, 2.24) is 0 Å². The second kappa shape index (κ2) is 6.90. The van der Waals surface area contributed by atoms with Crippen LogP contribution in [-0.2, 0) is 9.53 Å². The molecule has 0 aliphatic rings. The van der Waals surface area contributed by atoms with E-state index < -0.39 is 12.1 Å². The Labute approximate surface area is 123 Å². The van der Waals surface area contributed by atoms with Crippen molar-refractivity contribution in [3.8, 4) is 16.9 Å². The Hall–Kier alpha value is -2.33. The lowest BCUT2D eigenvalue weighted by atomic mass is 10.0. The van der Waals surface area contributed by atoms with Crippen molar-refractivity contribution in [2.75, 3.05) is 13.7 Å². The molecule has 0 fully saturated rings. The second-order valence-electron chi connectivity index (χ2n) is 4.79. The first-order valence-electron chi connectivity index (χ1n) is 6.65. The summed E-state index contributed by atoms with van der Waals surface area (Å²) < 4.78 is 10.2. The maximum Gasteiger partial charge on any atom is 0.347 e. The lowest BCUT2D eigenvalue weighted by molar-refractivity contribution is -0.147. The third-order valence-electron chi connectivity index (χ3n) is 3.11. The van der Waals surface area contributed by atoms with Gasteiger partial charge in [0.15, 0.2) is 0 Å². The molecule has 4 nitrogen and oxygen atoms in total. The van der Waals surface area contributed by atoms with Gasteiger partial charge in [-0.25, -0.2) is 4.79 Å². The highest BCUT2D eigenvalue weighted by atomic mass is 16.5. The number of benzene rings is 2. The van der Waals surface area contributed by atoms with Gasteiger partial charge in [-0.15, -0.1) is 0 Å². The smallest absolute Gasteiger partial charge is 0.347 e. The fourth-order valence-corrected chi connectivity index (χ4v) is 1.94. The maximum atomic E-state index is 11.0. The SMILES string of the molecule is COCC(Oc1ccc(-c2ccc(C)cc2)cc1)C(=O)O. The van der Waals surface area contributed by atoms with E-state index in [1.165, 1.54) is 12.7 Å². The van der Waals surface area contributed by atoms with E-state index in [0.29, 0.717) is 5.75 Å². The molecular weight excluding hydrogens is 268 g/mol. The van der Waals surface area contributed by atoms with Crippen molar-refractivity contribution >= 4 is 5.97 Å². The highest BCUT2D eigenvalue weighted by Crippen LogP contribution is 2.23. The average Bonchev–Trinajstić information content (AvgIpc) is 2.48. The summed E-state index contributed by atoms with van der Waals surface area (Å²) in [5.74, 6) is -0.533. The van der Waals surface area contributed by atoms with Crippen LogP contribution in [0, 0.1) is 6.92 Å². The molecule has 2 aromatic carbocycles. The predicted molar refractivity (Wildman–Crippen MR) is 80.5 cm³/mol. The zero-order valence-corrected chi connectivity index (χ0v) is 12.1. The minimum Gasteiger partial charge on any atom is -0.478 e. The van der Waals surface area contributed by atoms with E-state index in [2.05, 4.69) is 24.3 Å². The number of hydrogen-bond acceptors (Lipinski definition) is 3. The number of carbonyl (C=O) groups is 1. The standard InChI is InChI=1S/C17H18O4/c1-12-3-5-13(6-4-12)14-7-9-15(10-8-14)21-16(11-20-2)17(18)19/h3-10,16H,11H2,1-2H3,(H,18,19). The highest BCUT2D eigenvalue weighted by Gasteiger charge is 2.18. The van der Waals surface area contributed by atoms with Gasteiger partial charge < -0.3 is 14.6 Å². The Balaban J connectivity index is 2.11. The summed E-state index contributed by atoms with van der Waals surface area (Å²) in [6.07, 6.45) is -1.000. The number of aryl methyl sites for hydroxylation is 1. The summed E-state index contributed by atoms with van der Waals surface area (Å²) in [7, 11) is 1.44. The van der Waals surface area contributed by atoms with E-state index in [9.17, 15) is 4.79 Å². The van der Waals surface area contributed by atoms with Crippen molar-refractivity contribution in [2.24, 2.45) is 0 Å². The molecular formula is C17H18O4. The first-order valence-corrected chi connectivity index (χ1v) is 6.65. The molecule has 4 heteroatoms. The van der Waals surface area contributed by atoms with Gasteiger partial charge in [-0.1, -0.05) is 42.0 Å². The van der Waals surface area contributed by atoms with Gasteiger partial charge in [-0.05, 0) is 30.2 Å². The first-order chi connectivity index (χ1) is 10.1. The largest absolute Gasteiger partial charge is 0.478 e. The lowest BCUT2D eigenvalue weighted by Crippen LogP contribution is -2.31. The Morgan fingerprint density at radius 2 is 1.57 bits per heavy atom. The molecule has 0 aromatic heterocycles. The van der Waals surface area contributed by atoms with Crippen molar-refractivity contribution < 1.29 is 19.4 Å². The third kappa shape index (κ3) is 4.07. The maximum absolute atomic E-state index is 11.0. The Morgan fingerprint density at radius 3 is 2.05 bits per heavy atom. The van der Waals surface area contributed by atoms with Gasteiger partial charge in [0.1, 0.15) is 5.75 Å². The molecule has 110 valence electrons. The molecule has 0 heterocycles. The van der Waals surface area contributed by atoms with E-state index in [0.717, 1.165) is 11.1 Å². The molecule has 1 N–H and O–H groups in total. The number of carboxylic acids is 1. The lowest BCUT2D eigenvalue weighted by Gasteiger charge is -2.14. The Bertz CT molecular complexity index is 587. The van der Waals surface area contributed by atoms with Crippen LogP contribution in [0.3, 0.4) is 0 Å². The normalized spacial score (nSPS) is 11.9. The third-order valence-corrected chi connectivity index (χ3v) is 3.11. The van der Waals surface area contributed by atoms with Crippen LogP contribution >= 0.6 is 0 Å². The number of carboxylic acid groups (broad SMARTS) is 1. The van der Waals surface area contributed by atoms with Crippen molar-refractivity contribution in [1.29, 1.82) is 0 Å². The summed E-state index contributed by atoms with van der Waals surface area (Å²) in [4.78, 5) is 11.0. The number of aliphatic carboxylic acids is 1. The molecule has 0 radical (unpaired) electrons. The van der Waals surface area contributed by atoms with Gasteiger partial charge in [0.2, 0.25) is 6.10 Å². The zero-order valence-electron chi connectivity index (χ0n) is 12.1. The summed E-state index contributed by atoms with van der Waals surface area (Å²) in [6.45, 7) is 2.05. The second-order valence-corrected chi connectivity index (χ2v) is 4.79. The molecule has 21 heavy (non-hydrogen) atoms. The van der Waals surface area contributed by atoms with Crippen LogP contribution in [0.4, 0.5) is 0 Å². The van der Waals surface area contributed by atoms with E-state index in [4.69, 9.17) is 14.6 Å². The minimum absolute atomic E-state index is 0.00898. The fourth-order valence-electron chi connectivity index (χ4n) is 1.94. The molecule has 0 amide bonds. The van der Waals surface area contributed by atoms with Crippen LogP contribution in [0.15, 0.2) is 48.5 Å². The van der Waals surface area contributed by atoms with Crippen LogP contribution in [0.2, 0.25) is 0 Å². The molecule has 0 aliphatic heterocycles.